The number of H-pyrrole nitrogens is 1. The molecule has 3 saturated heterocycles. The van der Waals surface area contributed by atoms with Gasteiger partial charge in [-0.05, 0) is 36.3 Å². The molecule has 24 heteroatoms. The maximum atomic E-state index is 13.9. The first-order valence-electron chi connectivity index (χ1n) is 17.5. The number of carbonyl (C=O) groups is 1. The molecule has 1 aromatic carbocycles. The minimum absolute atomic E-state index is 0.0742. The van der Waals surface area contributed by atoms with Gasteiger partial charge >= 0.3 is 27.5 Å². The number of hydrogen-bond acceptors (Lipinski definition) is 15. The topological polar surface area (TPSA) is 286 Å². The van der Waals surface area contributed by atoms with E-state index in [9.17, 15) is 66.9 Å². The van der Waals surface area contributed by atoms with Gasteiger partial charge in [-0.2, -0.15) is 17.5 Å². The number of alkyl halides is 3. The molecule has 8 N–H and O–H groups in total. The number of Topliss-reactive ketones (excluding diaryl/α,β-unsaturated/α-hetero) is 1. The van der Waals surface area contributed by atoms with E-state index in [-0.39, 0.29) is 17.7 Å². The van der Waals surface area contributed by atoms with Crippen LogP contribution >= 0.6 is 15.6 Å². The van der Waals surface area contributed by atoms with Crippen molar-refractivity contribution >= 4 is 21.4 Å². The summed E-state index contributed by atoms with van der Waals surface area (Å²) >= 11 is 0. The van der Waals surface area contributed by atoms with Crippen LogP contribution in [0.25, 0.3) is 0 Å². The van der Waals surface area contributed by atoms with Gasteiger partial charge in [-0.1, -0.05) is 37.8 Å². The Labute approximate surface area is 320 Å². The Bertz CT molecular complexity index is 2100. The van der Waals surface area contributed by atoms with Crippen LogP contribution in [-0.2, 0) is 32.0 Å². The van der Waals surface area contributed by atoms with Crippen molar-refractivity contribution in [2.45, 2.75) is 86.5 Å². The van der Waals surface area contributed by atoms with E-state index in [2.05, 4.69) is 26.5 Å². The van der Waals surface area contributed by atoms with E-state index in [1.807, 2.05) is 4.98 Å². The van der Waals surface area contributed by atoms with E-state index in [4.69, 9.17) is 14.0 Å². The SMILES string of the molecule is C=C=CC(C)C(c1ccc(C(=O)C2CCC2C(O)C2NCC3OC(OP(=O)(O)OP(=O)(O)OCC4OC(n5ccc(=O)[nH]c5=O)C(O)C4O)C32O)cc1)C(F)(F)F. The number of ketones is 1. The number of halogens is 3. The third-order valence-electron chi connectivity index (χ3n) is 10.8. The maximum Gasteiger partial charge on any atom is 0.483 e. The lowest BCUT2D eigenvalue weighted by molar-refractivity contribution is -0.349. The first-order chi connectivity index (χ1) is 26.6. The second-order valence-electron chi connectivity index (χ2n) is 14.3. The fraction of sp³-hybridized carbons (Fsp3) is 0.576. The van der Waals surface area contributed by atoms with Crippen LogP contribution in [0.3, 0.4) is 0 Å². The van der Waals surface area contributed by atoms with Crippen molar-refractivity contribution in [1.29, 1.82) is 0 Å². The summed E-state index contributed by atoms with van der Waals surface area (Å²) < 4.78 is 92.4. The highest BCUT2D eigenvalue weighted by molar-refractivity contribution is 7.61. The van der Waals surface area contributed by atoms with Crippen LogP contribution in [-0.4, -0.2) is 113 Å². The second-order valence-corrected chi connectivity index (χ2v) is 17.3. The molecule has 4 fully saturated rings. The fourth-order valence-corrected chi connectivity index (χ4v) is 9.92. The van der Waals surface area contributed by atoms with Crippen LogP contribution in [0, 0.1) is 17.8 Å². The van der Waals surface area contributed by atoms with Crippen LogP contribution in [0.5, 0.6) is 0 Å². The Hall–Kier alpha value is -3.14. The number of ether oxygens (including phenoxy) is 2. The van der Waals surface area contributed by atoms with Gasteiger partial charge in [-0.3, -0.25) is 28.2 Å². The van der Waals surface area contributed by atoms with Gasteiger partial charge in [0, 0.05) is 30.3 Å². The van der Waals surface area contributed by atoms with E-state index < -0.39 is 124 Å². The van der Waals surface area contributed by atoms with Crippen LogP contribution in [0.2, 0.25) is 0 Å². The lowest BCUT2D eigenvalue weighted by Gasteiger charge is -2.52. The zero-order valence-corrected chi connectivity index (χ0v) is 31.5. The van der Waals surface area contributed by atoms with Crippen molar-refractivity contribution in [2.75, 3.05) is 13.2 Å². The number of carbonyl (C=O) groups excluding carboxylic acids is 1. The van der Waals surface area contributed by atoms with Gasteiger partial charge in [-0.15, -0.1) is 5.73 Å². The molecular formula is C33H40F3N3O16P2. The van der Waals surface area contributed by atoms with Gasteiger partial charge in [0.05, 0.1) is 24.7 Å². The minimum atomic E-state index is -5.66. The highest BCUT2D eigenvalue weighted by Gasteiger charge is 2.69. The quantitative estimate of drug-likeness (QED) is 0.0696. The van der Waals surface area contributed by atoms with Crippen molar-refractivity contribution in [2.24, 2.45) is 17.8 Å². The fourth-order valence-electron chi connectivity index (χ4n) is 7.74. The van der Waals surface area contributed by atoms with Gasteiger partial charge in [0.25, 0.3) is 5.56 Å². The minimum Gasteiger partial charge on any atom is -0.391 e. The number of aliphatic hydroxyl groups excluding tert-OH is 3. The normalized spacial score (nSPS) is 34.7. The number of benzene rings is 1. The smallest absolute Gasteiger partial charge is 0.391 e. The van der Waals surface area contributed by atoms with E-state index >= 15 is 0 Å². The summed E-state index contributed by atoms with van der Waals surface area (Å²) in [5.41, 5.74) is -1.62. The number of allylic oxidation sites excluding steroid dienone is 1. The first kappa shape index (κ1) is 43.4. The molecule has 4 heterocycles. The lowest BCUT2D eigenvalue weighted by atomic mass is 9.64. The van der Waals surface area contributed by atoms with Gasteiger partial charge in [0.15, 0.2) is 17.6 Å². The number of aromatic nitrogens is 2. The molecule has 1 saturated carbocycles. The number of phosphoric acid groups is 2. The molecule has 1 aromatic heterocycles. The maximum absolute atomic E-state index is 13.9. The lowest BCUT2D eigenvalue weighted by Crippen LogP contribution is -2.72. The molecule has 6 rings (SSSR count). The van der Waals surface area contributed by atoms with Crippen molar-refractivity contribution in [3.05, 3.63) is 86.9 Å². The van der Waals surface area contributed by atoms with Gasteiger partial charge in [0.1, 0.15) is 24.4 Å². The van der Waals surface area contributed by atoms with Crippen molar-refractivity contribution in [1.82, 2.24) is 14.9 Å². The highest BCUT2D eigenvalue weighted by Crippen LogP contribution is 2.63. The number of nitrogens with one attached hydrogen (secondary N) is 2. The summed E-state index contributed by atoms with van der Waals surface area (Å²) in [5, 5.41) is 46.5. The predicted octanol–water partition coefficient (Wildman–Crippen LogP) is 0.727. The molecule has 0 bridgehead atoms. The zero-order chi connectivity index (χ0) is 41.8. The Kier molecular flexibility index (Phi) is 12.3. The van der Waals surface area contributed by atoms with Crippen LogP contribution in [0.15, 0.2) is 64.5 Å². The summed E-state index contributed by atoms with van der Waals surface area (Å²) in [4.78, 5) is 59.4. The molecule has 0 spiro atoms. The number of aromatic amines is 1. The number of phosphoric ester groups is 2. The van der Waals surface area contributed by atoms with Crippen molar-refractivity contribution in [3.8, 4) is 0 Å². The second kappa shape index (κ2) is 16.1. The molecule has 0 radical (unpaired) electrons. The number of fused-ring (bicyclic) bond motifs is 1. The van der Waals surface area contributed by atoms with E-state index in [1.54, 1.807) is 0 Å². The predicted molar refractivity (Wildman–Crippen MR) is 185 cm³/mol. The number of aliphatic hydroxyl groups is 4. The Morgan fingerprint density at radius 3 is 2.40 bits per heavy atom. The Balaban J connectivity index is 1.06. The van der Waals surface area contributed by atoms with E-state index in [1.165, 1.54) is 37.3 Å². The van der Waals surface area contributed by atoms with E-state index in [0.29, 0.717) is 12.8 Å². The average Bonchev–Trinajstić information content (AvgIpc) is 3.52. The Morgan fingerprint density at radius 2 is 1.81 bits per heavy atom. The molecule has 3 aliphatic heterocycles. The summed E-state index contributed by atoms with van der Waals surface area (Å²) in [7, 11) is -11.2. The monoisotopic (exact) mass is 853 g/mol. The summed E-state index contributed by atoms with van der Waals surface area (Å²) in [6.07, 6.45) is -13.3. The summed E-state index contributed by atoms with van der Waals surface area (Å²) in [5.74, 6) is -4.91. The Morgan fingerprint density at radius 1 is 1.12 bits per heavy atom. The van der Waals surface area contributed by atoms with Crippen molar-refractivity contribution < 1.29 is 80.1 Å². The van der Waals surface area contributed by atoms with Gasteiger partial charge in [0.2, 0.25) is 6.29 Å². The molecule has 2 aromatic rings. The molecule has 1 aliphatic carbocycles. The third-order valence-corrected chi connectivity index (χ3v) is 13.3. The molecule has 4 aliphatic rings. The molecule has 15 unspecified atom stereocenters. The molecule has 57 heavy (non-hydrogen) atoms. The largest absolute Gasteiger partial charge is 0.483 e. The molecule has 314 valence electrons. The summed E-state index contributed by atoms with van der Waals surface area (Å²) in [6.45, 7) is 3.57. The van der Waals surface area contributed by atoms with Crippen LogP contribution < -0.4 is 16.6 Å². The number of hydrogen-bond donors (Lipinski definition) is 8. The average molecular weight is 854 g/mol. The molecule has 0 amide bonds. The molecular weight excluding hydrogens is 813 g/mol. The highest BCUT2D eigenvalue weighted by atomic mass is 31.3. The van der Waals surface area contributed by atoms with E-state index in [0.717, 1.165) is 16.8 Å². The zero-order valence-electron chi connectivity index (χ0n) is 29.7. The van der Waals surface area contributed by atoms with Crippen LogP contribution in [0.1, 0.15) is 47.8 Å². The third kappa shape index (κ3) is 8.63. The van der Waals surface area contributed by atoms with Crippen molar-refractivity contribution in [3.63, 3.8) is 0 Å². The summed E-state index contributed by atoms with van der Waals surface area (Å²) in [6, 6.07) is 4.55. The van der Waals surface area contributed by atoms with Gasteiger partial charge < -0.3 is 45.0 Å². The van der Waals surface area contributed by atoms with Gasteiger partial charge in [-0.25, -0.2) is 13.9 Å². The molecule has 19 nitrogen and oxygen atoms in total. The first-order valence-corrected chi connectivity index (χ1v) is 20.5. The molecule has 15 atom stereocenters. The standard InChI is InChI=1S/C33H40F3N3O16P2/c1-3-4-15(2)23(33(34,35)36)16-5-7-17(8-6-16)24(41)18-9-10-19(18)25(42)28-32(46)21(13-37-28)53-30(32)54-57(49,50)55-56(47,48)51-14-20-26(43)27(44)29(52-20)39-12-11-22(40)38-31(39)45/h4-8,11-12,15,18-21,23,25-30,37,42-44,46H,1,9-10,13-14H2,2H3,(H,47,48)(H,49,50)(H,38,40,45). The van der Waals surface area contributed by atoms with Crippen LogP contribution in [0.4, 0.5) is 13.2 Å². The number of nitrogens with zero attached hydrogens (tertiary/aromatic N) is 1. The number of rotatable bonds is 15.